The van der Waals surface area contributed by atoms with Gasteiger partial charge in [0.1, 0.15) is 4.83 Å². The van der Waals surface area contributed by atoms with E-state index >= 15 is 0 Å². The maximum absolute atomic E-state index is 12.8. The van der Waals surface area contributed by atoms with E-state index < -0.39 is 5.25 Å². The maximum atomic E-state index is 12.8. The van der Waals surface area contributed by atoms with Gasteiger partial charge in [0, 0.05) is 16.6 Å². The number of aromatic amines is 1. The van der Waals surface area contributed by atoms with Gasteiger partial charge in [0.2, 0.25) is 5.91 Å². The van der Waals surface area contributed by atoms with Crippen LogP contribution in [0.25, 0.3) is 21.3 Å². The summed E-state index contributed by atoms with van der Waals surface area (Å²) in [5.41, 5.74) is 5.73. The van der Waals surface area contributed by atoms with Crippen LogP contribution in [-0.4, -0.2) is 21.1 Å². The zero-order valence-corrected chi connectivity index (χ0v) is 19.4. The van der Waals surface area contributed by atoms with Crippen molar-refractivity contribution in [1.82, 2.24) is 9.97 Å². The molecule has 0 aliphatic heterocycles. The Hall–Kier alpha value is -2.90. The van der Waals surface area contributed by atoms with Crippen LogP contribution in [0.5, 0.6) is 0 Å². The molecule has 1 atom stereocenters. The van der Waals surface area contributed by atoms with Gasteiger partial charge in [-0.1, -0.05) is 59.8 Å². The molecule has 4 rings (SSSR count). The van der Waals surface area contributed by atoms with Gasteiger partial charge < -0.3 is 10.3 Å². The van der Waals surface area contributed by atoms with Gasteiger partial charge in [0.15, 0.2) is 5.16 Å². The Labute approximate surface area is 188 Å². The van der Waals surface area contributed by atoms with Crippen molar-refractivity contribution in [2.75, 3.05) is 5.32 Å². The van der Waals surface area contributed by atoms with Crippen LogP contribution in [-0.2, 0) is 4.79 Å². The molecular weight excluding hydrogens is 426 g/mol. The highest BCUT2D eigenvalue weighted by molar-refractivity contribution is 8.00. The van der Waals surface area contributed by atoms with Crippen molar-refractivity contribution in [2.24, 2.45) is 0 Å². The number of benzene rings is 2. The van der Waals surface area contributed by atoms with Crippen LogP contribution < -0.4 is 10.9 Å². The number of amides is 1. The Kier molecular flexibility index (Phi) is 5.98. The molecule has 0 saturated heterocycles. The van der Waals surface area contributed by atoms with E-state index in [0.29, 0.717) is 15.4 Å². The molecule has 0 bridgehead atoms. The zero-order valence-electron chi connectivity index (χ0n) is 17.8. The molecule has 5 nitrogen and oxygen atoms in total. The topological polar surface area (TPSA) is 74.8 Å². The number of hydrogen-bond donors (Lipinski definition) is 2. The SMILES string of the molecule is Cc1cc(C)c(NC(=O)C(C)Sc2nc3scc(-c4ccccc4)c3c(=O)[nH]2)c(C)c1. The molecule has 2 N–H and O–H groups in total. The molecule has 1 amide bonds. The molecular formula is C24H23N3O2S2. The molecule has 158 valence electrons. The number of carbonyl (C=O) groups is 1. The summed E-state index contributed by atoms with van der Waals surface area (Å²) in [6.07, 6.45) is 0. The lowest BCUT2D eigenvalue weighted by molar-refractivity contribution is -0.115. The number of nitrogens with zero attached hydrogens (tertiary/aromatic N) is 1. The summed E-state index contributed by atoms with van der Waals surface area (Å²) >= 11 is 2.68. The number of nitrogens with one attached hydrogen (secondary N) is 2. The van der Waals surface area contributed by atoms with E-state index in [1.165, 1.54) is 23.1 Å². The lowest BCUT2D eigenvalue weighted by Crippen LogP contribution is -2.24. The highest BCUT2D eigenvalue weighted by Gasteiger charge is 2.19. The summed E-state index contributed by atoms with van der Waals surface area (Å²) in [4.78, 5) is 33.7. The summed E-state index contributed by atoms with van der Waals surface area (Å²) in [5.74, 6) is -0.126. The Morgan fingerprint density at radius 2 is 1.81 bits per heavy atom. The molecule has 2 aromatic heterocycles. The third-order valence-corrected chi connectivity index (χ3v) is 6.95. The molecule has 0 aliphatic carbocycles. The number of aromatic nitrogens is 2. The number of rotatable bonds is 5. The van der Waals surface area contributed by atoms with Crippen molar-refractivity contribution >= 4 is 44.9 Å². The Morgan fingerprint density at radius 3 is 2.48 bits per heavy atom. The number of anilines is 1. The van der Waals surface area contributed by atoms with Gasteiger partial charge in [0.05, 0.1) is 10.6 Å². The molecule has 0 radical (unpaired) electrons. The molecule has 2 aromatic carbocycles. The van der Waals surface area contributed by atoms with Crippen molar-refractivity contribution in [3.8, 4) is 11.1 Å². The first-order chi connectivity index (χ1) is 14.8. The molecule has 2 heterocycles. The van der Waals surface area contributed by atoms with E-state index in [9.17, 15) is 9.59 Å². The van der Waals surface area contributed by atoms with Gasteiger partial charge in [-0.25, -0.2) is 4.98 Å². The number of thioether (sulfide) groups is 1. The standard InChI is InChI=1S/C24H23N3O2S2/c1-13-10-14(2)20(15(3)11-13)25-21(28)16(4)31-24-26-22(29)19-18(12-30-23(19)27-24)17-8-6-5-7-9-17/h5-12,16H,1-4H3,(H,25,28)(H,26,27,29). The third-order valence-electron chi connectivity index (χ3n) is 5.09. The lowest BCUT2D eigenvalue weighted by Gasteiger charge is -2.16. The first kappa shape index (κ1) is 21.3. The maximum Gasteiger partial charge on any atom is 0.260 e. The van der Waals surface area contributed by atoms with Crippen molar-refractivity contribution in [3.63, 3.8) is 0 Å². The Morgan fingerprint density at radius 1 is 1.13 bits per heavy atom. The zero-order chi connectivity index (χ0) is 22.1. The summed E-state index contributed by atoms with van der Waals surface area (Å²) in [5, 5.41) is 5.59. The minimum absolute atomic E-state index is 0.126. The Bertz CT molecular complexity index is 1300. The number of carbonyl (C=O) groups excluding carboxylic acids is 1. The van der Waals surface area contributed by atoms with Crippen LogP contribution in [0, 0.1) is 20.8 Å². The summed E-state index contributed by atoms with van der Waals surface area (Å²) < 4.78 is 0. The van der Waals surface area contributed by atoms with Gasteiger partial charge >= 0.3 is 0 Å². The van der Waals surface area contributed by atoms with E-state index in [0.717, 1.165) is 33.5 Å². The summed E-state index contributed by atoms with van der Waals surface area (Å²) in [6.45, 7) is 7.83. The second-order valence-electron chi connectivity index (χ2n) is 7.59. The van der Waals surface area contributed by atoms with Gasteiger partial charge in [-0.15, -0.1) is 11.3 Å². The number of hydrogen-bond acceptors (Lipinski definition) is 5. The fraction of sp³-hybridized carbons (Fsp3) is 0.208. The van der Waals surface area contributed by atoms with Crippen LogP contribution in [0.15, 0.2) is 57.8 Å². The Balaban J connectivity index is 1.56. The van der Waals surface area contributed by atoms with E-state index in [1.54, 1.807) is 0 Å². The van der Waals surface area contributed by atoms with Gasteiger partial charge in [0.25, 0.3) is 5.56 Å². The predicted octanol–water partition coefficient (Wildman–Crippen LogP) is 5.70. The first-order valence-corrected chi connectivity index (χ1v) is 11.7. The van der Waals surface area contributed by atoms with Crippen LogP contribution >= 0.6 is 23.1 Å². The fourth-order valence-corrected chi connectivity index (χ4v) is 5.44. The second-order valence-corrected chi connectivity index (χ2v) is 9.78. The molecule has 31 heavy (non-hydrogen) atoms. The smallest absolute Gasteiger partial charge is 0.260 e. The number of thiophene rings is 1. The highest BCUT2D eigenvalue weighted by atomic mass is 32.2. The van der Waals surface area contributed by atoms with Crippen LogP contribution in [0.2, 0.25) is 0 Å². The summed E-state index contributed by atoms with van der Waals surface area (Å²) in [6, 6.07) is 13.9. The monoisotopic (exact) mass is 449 g/mol. The molecule has 0 aliphatic rings. The largest absolute Gasteiger partial charge is 0.325 e. The molecule has 1 unspecified atom stereocenters. The average molecular weight is 450 g/mol. The van der Waals surface area contributed by atoms with E-state index in [1.807, 2.05) is 63.4 Å². The van der Waals surface area contributed by atoms with Gasteiger partial charge in [-0.05, 0) is 44.4 Å². The van der Waals surface area contributed by atoms with Crippen molar-refractivity contribution in [1.29, 1.82) is 0 Å². The van der Waals surface area contributed by atoms with Gasteiger partial charge in [-0.3, -0.25) is 9.59 Å². The van der Waals surface area contributed by atoms with Crippen LogP contribution in [0.1, 0.15) is 23.6 Å². The van der Waals surface area contributed by atoms with Crippen LogP contribution in [0.3, 0.4) is 0 Å². The molecule has 0 spiro atoms. The van der Waals surface area contributed by atoms with Gasteiger partial charge in [-0.2, -0.15) is 0 Å². The third kappa shape index (κ3) is 4.43. The molecule has 4 aromatic rings. The number of H-pyrrole nitrogens is 1. The minimum Gasteiger partial charge on any atom is -0.325 e. The number of fused-ring (bicyclic) bond motifs is 1. The quantitative estimate of drug-likeness (QED) is 0.303. The lowest BCUT2D eigenvalue weighted by atomic mass is 10.1. The molecule has 0 saturated carbocycles. The second kappa shape index (κ2) is 8.69. The van der Waals surface area contributed by atoms with E-state index in [-0.39, 0.29) is 11.5 Å². The van der Waals surface area contributed by atoms with Crippen LogP contribution in [0.4, 0.5) is 5.69 Å². The van der Waals surface area contributed by atoms with E-state index in [4.69, 9.17) is 0 Å². The van der Waals surface area contributed by atoms with Crippen molar-refractivity contribution in [3.05, 3.63) is 74.9 Å². The van der Waals surface area contributed by atoms with E-state index in [2.05, 4.69) is 27.4 Å². The van der Waals surface area contributed by atoms with Crippen molar-refractivity contribution < 1.29 is 4.79 Å². The fourth-order valence-electron chi connectivity index (χ4n) is 3.64. The normalized spacial score (nSPS) is 12.1. The summed E-state index contributed by atoms with van der Waals surface area (Å²) in [7, 11) is 0. The molecule has 0 fully saturated rings. The average Bonchev–Trinajstić information content (AvgIpc) is 3.15. The first-order valence-electron chi connectivity index (χ1n) is 9.96. The number of aryl methyl sites for hydroxylation is 3. The molecule has 7 heteroatoms. The minimum atomic E-state index is -0.422. The highest BCUT2D eigenvalue weighted by Crippen LogP contribution is 2.32. The predicted molar refractivity (Wildman–Crippen MR) is 130 cm³/mol. The van der Waals surface area contributed by atoms with Crippen molar-refractivity contribution in [2.45, 2.75) is 38.1 Å².